The Morgan fingerprint density at radius 1 is 1.36 bits per heavy atom. The maximum Gasteiger partial charge on any atom is 0.0236 e. The van der Waals surface area contributed by atoms with Gasteiger partial charge in [-0.2, -0.15) is 11.5 Å². The maximum absolute atomic E-state index is 4.12. The van der Waals surface area contributed by atoms with E-state index in [2.05, 4.69) is 36.4 Å². The molecule has 2 aromatic rings. The predicted molar refractivity (Wildman–Crippen MR) is 53.6 cm³/mol. The molecule has 2 nitrogen and oxygen atoms in total. The summed E-state index contributed by atoms with van der Waals surface area (Å²) in [5, 5.41) is 1.13. The molecule has 0 amide bonds. The molecule has 1 radical (unpaired) electrons. The molecule has 0 aromatic carbocycles. The van der Waals surface area contributed by atoms with E-state index in [1.54, 1.807) is 6.20 Å². The van der Waals surface area contributed by atoms with Gasteiger partial charge in [-0.1, -0.05) is 6.20 Å². The third kappa shape index (κ3) is 2.07. The minimum Gasteiger partial charge on any atom is -0.405 e. The van der Waals surface area contributed by atoms with E-state index in [0.29, 0.717) is 0 Å². The Balaban J connectivity index is 0.000000980. The minimum absolute atomic E-state index is 0. The summed E-state index contributed by atoms with van der Waals surface area (Å²) in [4.78, 5) is 4.12. The van der Waals surface area contributed by atoms with Crippen molar-refractivity contribution in [1.29, 1.82) is 0 Å². The SMILES string of the molecule is CC(C)(C)n1c[c-]c2ccncc21.[Y]. The molecule has 0 fully saturated rings. The first kappa shape index (κ1) is 11.9. The zero-order valence-electron chi connectivity index (χ0n) is 8.78. The number of hydrogen-bond donors (Lipinski definition) is 0. The van der Waals surface area contributed by atoms with Gasteiger partial charge in [0.2, 0.25) is 0 Å². The van der Waals surface area contributed by atoms with Crippen LogP contribution in [0.1, 0.15) is 20.8 Å². The standard InChI is InChI=1S/C11H13N2.Y/c1-11(2,3)13-7-5-9-4-6-12-8-10(9)13;/h4,6-8H,1-3H3;/q-1;. The normalized spacial score (nSPS) is 11.4. The smallest absolute Gasteiger partial charge is 0.0236 e. The minimum atomic E-state index is 0. The third-order valence-corrected chi connectivity index (χ3v) is 2.13. The largest absolute Gasteiger partial charge is 0.405 e. The number of nitrogens with zero attached hydrogens (tertiary/aromatic N) is 2. The summed E-state index contributed by atoms with van der Waals surface area (Å²) in [6.45, 7) is 6.52. The van der Waals surface area contributed by atoms with Crippen LogP contribution in [-0.4, -0.2) is 9.55 Å². The van der Waals surface area contributed by atoms with E-state index in [1.165, 1.54) is 0 Å². The second-order valence-corrected chi connectivity index (χ2v) is 4.21. The fourth-order valence-electron chi connectivity index (χ4n) is 1.46. The molecule has 0 N–H and O–H groups in total. The Kier molecular flexibility index (Phi) is 3.49. The molecule has 71 valence electrons. The molecule has 14 heavy (non-hydrogen) atoms. The van der Waals surface area contributed by atoms with Gasteiger partial charge in [0.25, 0.3) is 0 Å². The number of hydrogen-bond acceptors (Lipinski definition) is 1. The summed E-state index contributed by atoms with van der Waals surface area (Å²) in [5.74, 6) is 0. The average Bonchev–Trinajstić information content (AvgIpc) is 2.45. The monoisotopic (exact) mass is 262 g/mol. The Morgan fingerprint density at radius 2 is 2.07 bits per heavy atom. The Morgan fingerprint density at radius 3 is 2.71 bits per heavy atom. The maximum atomic E-state index is 4.12. The van der Waals surface area contributed by atoms with Crippen LogP contribution >= 0.6 is 0 Å². The second-order valence-electron chi connectivity index (χ2n) is 4.21. The van der Waals surface area contributed by atoms with Crippen LogP contribution in [-0.2, 0) is 38.2 Å². The first-order chi connectivity index (χ1) is 6.09. The number of rotatable bonds is 0. The Hall–Kier alpha value is -0.206. The zero-order chi connectivity index (χ0) is 9.47. The molecule has 0 aliphatic rings. The Bertz CT molecular complexity index is 426. The van der Waals surface area contributed by atoms with Crippen LogP contribution in [0, 0.1) is 6.07 Å². The number of aromatic nitrogens is 2. The van der Waals surface area contributed by atoms with Gasteiger partial charge in [0.15, 0.2) is 0 Å². The first-order valence-electron chi connectivity index (χ1n) is 4.42. The van der Waals surface area contributed by atoms with Gasteiger partial charge in [0, 0.05) is 38.2 Å². The van der Waals surface area contributed by atoms with Crippen LogP contribution in [0.4, 0.5) is 0 Å². The van der Waals surface area contributed by atoms with Crippen molar-refractivity contribution in [3.8, 4) is 0 Å². The zero-order valence-corrected chi connectivity index (χ0v) is 11.6. The fraction of sp³-hybridized carbons (Fsp3) is 0.364. The van der Waals surface area contributed by atoms with E-state index >= 15 is 0 Å². The van der Waals surface area contributed by atoms with Gasteiger partial charge in [-0.05, 0) is 38.7 Å². The molecule has 0 saturated carbocycles. The van der Waals surface area contributed by atoms with E-state index in [1.807, 2.05) is 18.5 Å². The molecule has 0 atom stereocenters. The van der Waals surface area contributed by atoms with Crippen LogP contribution < -0.4 is 0 Å². The van der Waals surface area contributed by atoms with Crippen LogP contribution in [0.3, 0.4) is 0 Å². The molecule has 0 spiro atoms. The van der Waals surface area contributed by atoms with Crippen LogP contribution in [0.25, 0.3) is 10.9 Å². The second kappa shape index (κ2) is 4.12. The van der Waals surface area contributed by atoms with E-state index in [9.17, 15) is 0 Å². The molecule has 0 unspecified atom stereocenters. The van der Waals surface area contributed by atoms with Gasteiger partial charge in [0.1, 0.15) is 0 Å². The quantitative estimate of drug-likeness (QED) is 0.667. The summed E-state index contributed by atoms with van der Waals surface area (Å²) in [6, 6.07) is 5.20. The molecule has 0 aliphatic carbocycles. The van der Waals surface area contributed by atoms with Crippen molar-refractivity contribution in [3.63, 3.8) is 0 Å². The van der Waals surface area contributed by atoms with Crippen molar-refractivity contribution in [2.45, 2.75) is 26.3 Å². The van der Waals surface area contributed by atoms with E-state index in [0.717, 1.165) is 10.9 Å². The summed E-state index contributed by atoms with van der Waals surface area (Å²) >= 11 is 0. The summed E-state index contributed by atoms with van der Waals surface area (Å²) in [5.41, 5.74) is 1.25. The molecule has 0 bridgehead atoms. The Labute approximate surface area is 110 Å². The van der Waals surface area contributed by atoms with Crippen LogP contribution in [0.2, 0.25) is 0 Å². The third-order valence-electron chi connectivity index (χ3n) is 2.13. The van der Waals surface area contributed by atoms with E-state index in [-0.39, 0.29) is 38.2 Å². The molecule has 0 saturated heterocycles. The van der Waals surface area contributed by atoms with Gasteiger partial charge in [-0.25, -0.2) is 0 Å². The van der Waals surface area contributed by atoms with E-state index in [4.69, 9.17) is 0 Å². The van der Waals surface area contributed by atoms with Gasteiger partial charge in [0.05, 0.1) is 0 Å². The molecule has 2 heterocycles. The predicted octanol–water partition coefficient (Wildman–Crippen LogP) is 2.59. The topological polar surface area (TPSA) is 17.8 Å². The molecular formula is C11H13N2Y-. The van der Waals surface area contributed by atoms with E-state index < -0.39 is 0 Å². The number of pyridine rings is 1. The van der Waals surface area contributed by atoms with Gasteiger partial charge in [-0.15, -0.1) is 6.07 Å². The van der Waals surface area contributed by atoms with Crippen LogP contribution in [0.5, 0.6) is 0 Å². The van der Waals surface area contributed by atoms with Crippen molar-refractivity contribution < 1.29 is 32.7 Å². The molecule has 3 heteroatoms. The first-order valence-corrected chi connectivity index (χ1v) is 4.42. The van der Waals surface area contributed by atoms with Crippen molar-refractivity contribution in [3.05, 3.63) is 30.7 Å². The van der Waals surface area contributed by atoms with Crippen molar-refractivity contribution >= 4 is 10.9 Å². The molecule has 2 aromatic heterocycles. The van der Waals surface area contributed by atoms with Gasteiger partial charge < -0.3 is 4.57 Å². The van der Waals surface area contributed by atoms with Crippen LogP contribution in [0.15, 0.2) is 24.7 Å². The van der Waals surface area contributed by atoms with Gasteiger partial charge >= 0.3 is 0 Å². The van der Waals surface area contributed by atoms with Crippen molar-refractivity contribution in [2.75, 3.05) is 0 Å². The number of fused-ring (bicyclic) bond motifs is 1. The summed E-state index contributed by atoms with van der Waals surface area (Å²) < 4.78 is 2.19. The average molecular weight is 262 g/mol. The van der Waals surface area contributed by atoms with Gasteiger partial charge in [-0.3, -0.25) is 4.98 Å². The summed E-state index contributed by atoms with van der Waals surface area (Å²) in [6.07, 6.45) is 5.68. The summed E-state index contributed by atoms with van der Waals surface area (Å²) in [7, 11) is 0. The molecule has 0 aliphatic heterocycles. The van der Waals surface area contributed by atoms with Crippen molar-refractivity contribution in [1.82, 2.24) is 9.55 Å². The molecule has 2 rings (SSSR count). The fourth-order valence-corrected chi connectivity index (χ4v) is 1.46. The molecular weight excluding hydrogens is 249 g/mol. The van der Waals surface area contributed by atoms with Crippen molar-refractivity contribution in [2.24, 2.45) is 0 Å².